The minimum absolute atomic E-state index is 0.00945. The van der Waals surface area contributed by atoms with Crippen molar-refractivity contribution in [1.82, 2.24) is 29.3 Å². The van der Waals surface area contributed by atoms with Gasteiger partial charge in [-0.2, -0.15) is 22.0 Å². The van der Waals surface area contributed by atoms with Crippen LogP contribution in [-0.2, 0) is 16.6 Å². The van der Waals surface area contributed by atoms with Crippen LogP contribution < -0.4 is 5.32 Å². The Bertz CT molecular complexity index is 1480. The molecule has 0 aromatic carbocycles. The van der Waals surface area contributed by atoms with E-state index >= 15 is 0 Å². The summed E-state index contributed by atoms with van der Waals surface area (Å²) in [6, 6.07) is 2.54. The van der Waals surface area contributed by atoms with Gasteiger partial charge in [0.05, 0.1) is 17.6 Å². The van der Waals surface area contributed by atoms with E-state index in [0.717, 1.165) is 6.20 Å². The second-order valence-electron chi connectivity index (χ2n) is 8.33. The lowest BCUT2D eigenvalue weighted by molar-refractivity contribution is -0.284. The Kier molecular flexibility index (Phi) is 5.23. The first-order valence-corrected chi connectivity index (χ1v) is 10.5. The van der Waals surface area contributed by atoms with Crippen molar-refractivity contribution in [1.29, 1.82) is 0 Å². The Morgan fingerprint density at radius 2 is 1.83 bits per heavy atom. The fourth-order valence-electron chi connectivity index (χ4n) is 3.94. The van der Waals surface area contributed by atoms with Gasteiger partial charge in [0.15, 0.2) is 11.5 Å². The summed E-state index contributed by atoms with van der Waals surface area (Å²) in [6.45, 7) is 1.58. The largest absolute Gasteiger partial charge is 0.453 e. The monoisotopic (exact) mass is 507 g/mol. The van der Waals surface area contributed by atoms with Gasteiger partial charge < -0.3 is 9.72 Å². The molecule has 0 spiro atoms. The minimum atomic E-state index is -5.69. The lowest BCUT2D eigenvalue weighted by Crippen LogP contribution is -2.36. The summed E-state index contributed by atoms with van der Waals surface area (Å²) in [5.41, 5.74) is -0.601. The molecule has 1 aliphatic rings. The molecule has 36 heavy (non-hydrogen) atoms. The average Bonchev–Trinajstić information content (AvgIpc) is 3.39. The molecule has 8 nitrogen and oxygen atoms in total. The third-order valence-electron chi connectivity index (χ3n) is 6.02. The second-order valence-corrected chi connectivity index (χ2v) is 8.33. The van der Waals surface area contributed by atoms with Crippen molar-refractivity contribution in [2.75, 3.05) is 5.32 Å². The van der Waals surface area contributed by atoms with Crippen molar-refractivity contribution in [2.24, 2.45) is 0 Å². The van der Waals surface area contributed by atoms with Gasteiger partial charge in [-0.15, -0.1) is 0 Å². The number of carbonyl (C=O) groups excluding carboxylic acids is 1. The summed E-state index contributed by atoms with van der Waals surface area (Å²) in [5, 5.41) is 2.62. The Balaban J connectivity index is 1.52. The van der Waals surface area contributed by atoms with Crippen LogP contribution in [0, 0.1) is 5.82 Å². The number of amides is 1. The number of alkyl halides is 5. The van der Waals surface area contributed by atoms with Crippen LogP contribution in [0.2, 0.25) is 0 Å². The third-order valence-corrected chi connectivity index (χ3v) is 6.02. The van der Waals surface area contributed by atoms with Crippen molar-refractivity contribution >= 4 is 17.4 Å². The molecule has 14 heteroatoms. The molecule has 0 radical (unpaired) electrons. The van der Waals surface area contributed by atoms with E-state index < -0.39 is 42.1 Å². The molecule has 0 aliphatic carbocycles. The zero-order valence-corrected chi connectivity index (χ0v) is 18.3. The summed E-state index contributed by atoms with van der Waals surface area (Å²) in [7, 11) is 0. The summed E-state index contributed by atoms with van der Waals surface area (Å²) < 4.78 is 79.7. The fourth-order valence-corrected chi connectivity index (χ4v) is 3.94. The molecule has 0 saturated carbocycles. The van der Waals surface area contributed by atoms with Crippen LogP contribution in [0.15, 0.2) is 43.1 Å². The standard InChI is InChI=1S/C22H15F6N7O/c1-20(15-3-2-11(23)8-30-15)12-9-31-17(33-16(12)34-19(20)36)14-10-35-7-6-29-18(35)13(32-14)4-5-21(24,25)22(26,27)28/h2-3,6-10H,4-5H2,1H3,(H,31,33,34,36). The molecule has 1 amide bonds. The van der Waals surface area contributed by atoms with Crippen molar-refractivity contribution in [2.45, 2.75) is 37.3 Å². The predicted octanol–water partition coefficient (Wildman–Crippen LogP) is 4.11. The smallest absolute Gasteiger partial charge is 0.309 e. The van der Waals surface area contributed by atoms with Crippen molar-refractivity contribution in [3.63, 3.8) is 0 Å². The van der Waals surface area contributed by atoms with Gasteiger partial charge in [-0.25, -0.2) is 24.3 Å². The molecule has 0 fully saturated rings. The number of pyridine rings is 1. The van der Waals surface area contributed by atoms with E-state index in [1.54, 1.807) is 6.92 Å². The van der Waals surface area contributed by atoms with Gasteiger partial charge in [0, 0.05) is 36.8 Å². The van der Waals surface area contributed by atoms with Crippen LogP contribution in [-0.4, -0.2) is 47.3 Å². The Morgan fingerprint density at radius 3 is 2.53 bits per heavy atom. The zero-order valence-electron chi connectivity index (χ0n) is 18.3. The number of anilines is 1. The van der Waals surface area contributed by atoms with Gasteiger partial charge in [-0.3, -0.25) is 9.78 Å². The molecule has 1 aliphatic heterocycles. The first kappa shape index (κ1) is 23.6. The first-order chi connectivity index (χ1) is 16.9. The number of imidazole rings is 1. The minimum Gasteiger partial charge on any atom is -0.309 e. The molecule has 1 atom stereocenters. The normalized spacial score (nSPS) is 17.9. The van der Waals surface area contributed by atoms with Crippen LogP contribution in [0.25, 0.3) is 17.2 Å². The molecule has 1 N–H and O–H groups in total. The Hall–Kier alpha value is -4.10. The van der Waals surface area contributed by atoms with Crippen LogP contribution in [0.1, 0.15) is 30.3 Å². The van der Waals surface area contributed by atoms with Gasteiger partial charge in [-0.05, 0) is 25.5 Å². The number of aryl methyl sites for hydroxylation is 1. The van der Waals surface area contributed by atoms with E-state index in [1.165, 1.54) is 41.3 Å². The molecule has 5 heterocycles. The highest BCUT2D eigenvalue weighted by molar-refractivity contribution is 6.07. The number of hydrogen-bond donors (Lipinski definition) is 1. The summed E-state index contributed by atoms with van der Waals surface area (Å²) in [5.74, 6) is -5.82. The van der Waals surface area contributed by atoms with Crippen molar-refractivity contribution in [3.05, 3.63) is 65.9 Å². The summed E-state index contributed by atoms with van der Waals surface area (Å²) in [4.78, 5) is 33.6. The Morgan fingerprint density at radius 1 is 1.06 bits per heavy atom. The third kappa shape index (κ3) is 3.72. The van der Waals surface area contributed by atoms with Gasteiger partial charge in [-0.1, -0.05) is 0 Å². The van der Waals surface area contributed by atoms with E-state index in [0.29, 0.717) is 5.56 Å². The van der Waals surface area contributed by atoms with E-state index in [1.807, 2.05) is 0 Å². The van der Waals surface area contributed by atoms with Crippen LogP contribution in [0.5, 0.6) is 0 Å². The number of fused-ring (bicyclic) bond motifs is 2. The molecule has 0 saturated heterocycles. The molecule has 4 aromatic rings. The van der Waals surface area contributed by atoms with Gasteiger partial charge >= 0.3 is 12.1 Å². The first-order valence-electron chi connectivity index (χ1n) is 10.5. The van der Waals surface area contributed by atoms with Crippen molar-refractivity contribution < 1.29 is 31.1 Å². The predicted molar refractivity (Wildman–Crippen MR) is 113 cm³/mol. The maximum atomic E-state index is 13.5. The number of hydrogen-bond acceptors (Lipinski definition) is 6. The van der Waals surface area contributed by atoms with Gasteiger partial charge in [0.25, 0.3) is 0 Å². The van der Waals surface area contributed by atoms with E-state index in [-0.39, 0.29) is 34.4 Å². The zero-order chi connectivity index (χ0) is 25.9. The maximum absolute atomic E-state index is 13.5. The van der Waals surface area contributed by atoms with Gasteiger partial charge in [0.1, 0.15) is 22.7 Å². The molecule has 186 valence electrons. The molecule has 4 aromatic heterocycles. The SMILES string of the molecule is CC1(c2ccc(F)cn2)C(=O)Nc2nc(-c3cn4ccnc4c(CCC(F)(F)C(F)(F)F)n3)ncc21. The van der Waals surface area contributed by atoms with Crippen LogP contribution >= 0.6 is 0 Å². The van der Waals surface area contributed by atoms with E-state index in [2.05, 4.69) is 30.2 Å². The van der Waals surface area contributed by atoms with Gasteiger partial charge in [0.2, 0.25) is 5.91 Å². The number of rotatable bonds is 5. The van der Waals surface area contributed by atoms with E-state index in [9.17, 15) is 31.1 Å². The molecule has 5 rings (SSSR count). The maximum Gasteiger partial charge on any atom is 0.453 e. The number of nitrogens with zero attached hydrogens (tertiary/aromatic N) is 6. The average molecular weight is 507 g/mol. The molecular formula is C22H15F6N7O. The topological polar surface area (TPSA) is 98.0 Å². The van der Waals surface area contributed by atoms with Crippen LogP contribution in [0.4, 0.5) is 32.2 Å². The summed E-state index contributed by atoms with van der Waals surface area (Å²) >= 11 is 0. The lowest BCUT2D eigenvalue weighted by Gasteiger charge is -2.20. The number of carbonyl (C=O) groups is 1. The van der Waals surface area contributed by atoms with Crippen LogP contribution in [0.3, 0.4) is 0 Å². The highest BCUT2D eigenvalue weighted by atomic mass is 19.4. The quantitative estimate of drug-likeness (QED) is 0.409. The lowest BCUT2D eigenvalue weighted by atomic mass is 9.81. The number of halogens is 6. The fraction of sp³-hybridized carbons (Fsp3) is 0.273. The highest BCUT2D eigenvalue weighted by Crippen LogP contribution is 2.41. The molecule has 1 unspecified atom stereocenters. The number of aromatic nitrogens is 6. The molecule has 0 bridgehead atoms. The summed E-state index contributed by atoms with van der Waals surface area (Å²) in [6.07, 6.45) is -1.32. The van der Waals surface area contributed by atoms with E-state index in [4.69, 9.17) is 0 Å². The Labute approximate surface area is 198 Å². The molecular weight excluding hydrogens is 492 g/mol. The second kappa shape index (κ2) is 7.96. The highest BCUT2D eigenvalue weighted by Gasteiger charge is 2.56. The number of nitrogens with one attached hydrogen (secondary N) is 1. The van der Waals surface area contributed by atoms with Crippen molar-refractivity contribution in [3.8, 4) is 11.5 Å².